The predicted octanol–water partition coefficient (Wildman–Crippen LogP) is 2.69. The van der Waals surface area contributed by atoms with Crippen molar-refractivity contribution in [3.63, 3.8) is 0 Å². The highest BCUT2D eigenvalue weighted by Crippen LogP contribution is 2.24. The summed E-state index contributed by atoms with van der Waals surface area (Å²) in [4.78, 5) is 15.6. The van der Waals surface area contributed by atoms with E-state index in [9.17, 15) is 4.79 Å². The Bertz CT molecular complexity index is 458. The minimum atomic E-state index is 0.0631. The first-order valence-electron chi connectivity index (χ1n) is 7.01. The summed E-state index contributed by atoms with van der Waals surface area (Å²) in [6.45, 7) is 1.72. The molecule has 5 heteroatoms. The van der Waals surface area contributed by atoms with E-state index < -0.39 is 0 Å². The molecule has 1 saturated heterocycles. The van der Waals surface area contributed by atoms with Crippen LogP contribution in [-0.4, -0.2) is 36.0 Å². The number of amides is 1. The number of nitrogens with one attached hydrogen (secondary N) is 1. The Morgan fingerprint density at radius 2 is 2.21 bits per heavy atom. The lowest BCUT2D eigenvalue weighted by Crippen LogP contribution is -2.51. The molecule has 1 N–H and O–H groups in total. The number of rotatable bonds is 5. The van der Waals surface area contributed by atoms with E-state index in [1.54, 1.807) is 11.3 Å². The van der Waals surface area contributed by atoms with E-state index in [4.69, 9.17) is 11.6 Å². The first-order valence-corrected chi connectivity index (χ1v) is 8.21. The van der Waals surface area contributed by atoms with Gasteiger partial charge in [-0.1, -0.05) is 11.6 Å². The molecule has 19 heavy (non-hydrogen) atoms. The Morgan fingerprint density at radius 1 is 1.37 bits per heavy atom. The Morgan fingerprint density at radius 3 is 2.89 bits per heavy atom. The van der Waals surface area contributed by atoms with Crippen molar-refractivity contribution in [1.29, 1.82) is 0 Å². The van der Waals surface area contributed by atoms with E-state index in [0.717, 1.165) is 36.7 Å². The van der Waals surface area contributed by atoms with Crippen molar-refractivity contribution in [3.8, 4) is 0 Å². The maximum atomic E-state index is 12.4. The molecule has 1 aliphatic carbocycles. The van der Waals surface area contributed by atoms with E-state index in [1.807, 2.05) is 11.0 Å². The molecular weight excluding hydrogens is 280 g/mol. The Labute approximate surface area is 122 Å². The van der Waals surface area contributed by atoms with E-state index in [-0.39, 0.29) is 6.04 Å². The number of hydrogen-bond donors (Lipinski definition) is 1. The highest BCUT2D eigenvalue weighted by atomic mass is 35.5. The molecule has 2 aliphatic rings. The first-order chi connectivity index (χ1) is 9.22. The summed E-state index contributed by atoms with van der Waals surface area (Å²) in [5, 5.41) is 3.47. The van der Waals surface area contributed by atoms with E-state index in [2.05, 4.69) is 11.4 Å². The van der Waals surface area contributed by atoms with E-state index in [0.29, 0.717) is 11.9 Å². The van der Waals surface area contributed by atoms with Crippen LogP contribution in [-0.2, 0) is 11.2 Å². The van der Waals surface area contributed by atoms with Crippen molar-refractivity contribution in [2.45, 2.75) is 44.2 Å². The van der Waals surface area contributed by atoms with Crippen LogP contribution in [0.2, 0.25) is 4.34 Å². The van der Waals surface area contributed by atoms with Gasteiger partial charge < -0.3 is 10.2 Å². The van der Waals surface area contributed by atoms with Crippen molar-refractivity contribution >= 4 is 28.8 Å². The van der Waals surface area contributed by atoms with Crippen LogP contribution in [0.1, 0.15) is 30.6 Å². The summed E-state index contributed by atoms with van der Waals surface area (Å²) in [5.41, 5.74) is 0. The average molecular weight is 299 g/mol. The topological polar surface area (TPSA) is 32.3 Å². The van der Waals surface area contributed by atoms with Gasteiger partial charge in [0.2, 0.25) is 5.91 Å². The molecule has 1 aliphatic heterocycles. The zero-order valence-corrected chi connectivity index (χ0v) is 12.5. The van der Waals surface area contributed by atoms with Crippen molar-refractivity contribution in [3.05, 3.63) is 21.3 Å². The van der Waals surface area contributed by atoms with E-state index in [1.165, 1.54) is 17.7 Å². The standard InChI is InChI=1S/C14H19ClN2OS/c15-13-6-5-11(19-13)7-9-17-8-1-2-12(14(17)18)16-10-3-4-10/h5-6,10,12,16H,1-4,7-9H2. The molecule has 1 saturated carbocycles. The highest BCUT2D eigenvalue weighted by molar-refractivity contribution is 7.16. The molecule has 2 fully saturated rings. The number of hydrogen-bond acceptors (Lipinski definition) is 3. The second-order valence-electron chi connectivity index (χ2n) is 5.42. The van der Waals surface area contributed by atoms with Gasteiger partial charge in [-0.3, -0.25) is 4.79 Å². The quantitative estimate of drug-likeness (QED) is 0.906. The summed E-state index contributed by atoms with van der Waals surface area (Å²) in [7, 11) is 0. The van der Waals surface area contributed by atoms with Crippen molar-refractivity contribution in [1.82, 2.24) is 10.2 Å². The zero-order chi connectivity index (χ0) is 13.2. The van der Waals surface area contributed by atoms with Crippen LogP contribution < -0.4 is 5.32 Å². The lowest BCUT2D eigenvalue weighted by atomic mass is 10.0. The van der Waals surface area contributed by atoms with Gasteiger partial charge >= 0.3 is 0 Å². The predicted molar refractivity (Wildman–Crippen MR) is 78.8 cm³/mol. The molecule has 1 atom stereocenters. The van der Waals surface area contributed by atoms with Crippen LogP contribution in [0.5, 0.6) is 0 Å². The number of halogens is 1. The number of likely N-dealkylation sites (tertiary alicyclic amines) is 1. The van der Waals surface area contributed by atoms with Crippen LogP contribution >= 0.6 is 22.9 Å². The molecule has 0 aromatic carbocycles. The van der Waals surface area contributed by atoms with Crippen LogP contribution in [0.3, 0.4) is 0 Å². The van der Waals surface area contributed by atoms with Gasteiger partial charge in [0.15, 0.2) is 0 Å². The molecule has 1 unspecified atom stereocenters. The minimum absolute atomic E-state index is 0.0631. The highest BCUT2D eigenvalue weighted by Gasteiger charge is 2.33. The lowest BCUT2D eigenvalue weighted by Gasteiger charge is -2.32. The molecular formula is C14H19ClN2OS. The summed E-state index contributed by atoms with van der Waals surface area (Å²) in [6.07, 6.45) is 5.49. The van der Waals surface area contributed by atoms with Gasteiger partial charge in [0.05, 0.1) is 10.4 Å². The third-order valence-corrected chi connectivity index (χ3v) is 5.09. The van der Waals surface area contributed by atoms with Crippen LogP contribution in [0.15, 0.2) is 12.1 Å². The second-order valence-corrected chi connectivity index (χ2v) is 7.22. The molecule has 0 radical (unpaired) electrons. The summed E-state index contributed by atoms with van der Waals surface area (Å²) in [6, 6.07) is 4.65. The van der Waals surface area contributed by atoms with Gasteiger partial charge in [-0.05, 0) is 44.2 Å². The largest absolute Gasteiger partial charge is 0.341 e. The number of piperidine rings is 1. The fraction of sp³-hybridized carbons (Fsp3) is 0.643. The molecule has 3 nitrogen and oxygen atoms in total. The molecule has 1 aromatic rings. The smallest absolute Gasteiger partial charge is 0.239 e. The maximum absolute atomic E-state index is 12.4. The van der Waals surface area contributed by atoms with Crippen molar-refractivity contribution in [2.75, 3.05) is 13.1 Å². The van der Waals surface area contributed by atoms with Gasteiger partial charge in [-0.15, -0.1) is 11.3 Å². The lowest BCUT2D eigenvalue weighted by molar-refractivity contribution is -0.136. The molecule has 1 aromatic heterocycles. The Kier molecular flexibility index (Phi) is 4.10. The fourth-order valence-corrected chi connectivity index (χ4v) is 3.66. The number of nitrogens with zero attached hydrogens (tertiary/aromatic N) is 1. The minimum Gasteiger partial charge on any atom is -0.341 e. The second kappa shape index (κ2) is 5.81. The monoisotopic (exact) mass is 298 g/mol. The Hall–Kier alpha value is -0.580. The van der Waals surface area contributed by atoms with Gasteiger partial charge in [-0.2, -0.15) is 0 Å². The number of carbonyl (C=O) groups excluding carboxylic acids is 1. The third kappa shape index (κ3) is 3.50. The van der Waals surface area contributed by atoms with Gasteiger partial charge in [-0.25, -0.2) is 0 Å². The maximum Gasteiger partial charge on any atom is 0.239 e. The number of carbonyl (C=O) groups is 1. The molecule has 1 amide bonds. The van der Waals surface area contributed by atoms with Crippen molar-refractivity contribution < 1.29 is 4.79 Å². The van der Waals surface area contributed by atoms with Gasteiger partial charge in [0, 0.05) is 24.0 Å². The molecule has 3 rings (SSSR count). The molecule has 0 spiro atoms. The van der Waals surface area contributed by atoms with Crippen LogP contribution in [0, 0.1) is 0 Å². The SMILES string of the molecule is O=C1C(NC2CC2)CCCN1CCc1ccc(Cl)s1. The zero-order valence-electron chi connectivity index (χ0n) is 10.9. The molecule has 0 bridgehead atoms. The van der Waals surface area contributed by atoms with Gasteiger partial charge in [0.1, 0.15) is 0 Å². The molecule has 2 heterocycles. The Balaban J connectivity index is 1.52. The summed E-state index contributed by atoms with van der Waals surface area (Å²) in [5.74, 6) is 0.292. The normalized spacial score (nSPS) is 23.9. The molecule has 104 valence electrons. The summed E-state index contributed by atoms with van der Waals surface area (Å²) < 4.78 is 0.827. The van der Waals surface area contributed by atoms with Gasteiger partial charge in [0.25, 0.3) is 0 Å². The van der Waals surface area contributed by atoms with Crippen LogP contribution in [0.4, 0.5) is 0 Å². The third-order valence-electron chi connectivity index (χ3n) is 3.80. The van der Waals surface area contributed by atoms with E-state index >= 15 is 0 Å². The van der Waals surface area contributed by atoms with Crippen molar-refractivity contribution in [2.24, 2.45) is 0 Å². The number of thiophene rings is 1. The first kappa shape index (κ1) is 13.4. The fourth-order valence-electron chi connectivity index (χ4n) is 2.58. The average Bonchev–Trinajstić information content (AvgIpc) is 3.12. The van der Waals surface area contributed by atoms with Crippen LogP contribution in [0.25, 0.3) is 0 Å². The summed E-state index contributed by atoms with van der Waals surface area (Å²) >= 11 is 7.54.